The molecule has 0 amide bonds. The van der Waals surface area contributed by atoms with Gasteiger partial charge < -0.3 is 5.32 Å². The van der Waals surface area contributed by atoms with E-state index in [-0.39, 0.29) is 12.5 Å². The largest absolute Gasteiger partial charge is 0.389 e. The normalized spacial score (nSPS) is 13.9. The molecule has 0 aliphatic heterocycles. The molecule has 0 aliphatic carbocycles. The molecule has 0 bridgehead atoms. The first-order valence-electron chi connectivity index (χ1n) is 5.77. The minimum absolute atomic E-state index is 0.112. The Morgan fingerprint density at radius 2 is 2.06 bits per heavy atom. The van der Waals surface area contributed by atoms with Gasteiger partial charge in [-0.15, -0.1) is 0 Å². The van der Waals surface area contributed by atoms with Gasteiger partial charge in [-0.3, -0.25) is 0 Å². The summed E-state index contributed by atoms with van der Waals surface area (Å²) in [6.45, 7) is 4.70. The topological polar surface area (TPSA) is 12.0 Å². The van der Waals surface area contributed by atoms with Crippen molar-refractivity contribution in [1.82, 2.24) is 5.32 Å². The molecule has 0 aliphatic rings. The van der Waals surface area contributed by atoms with Gasteiger partial charge in [-0.1, -0.05) is 6.92 Å². The van der Waals surface area contributed by atoms with Gasteiger partial charge >= 0.3 is 6.18 Å². The summed E-state index contributed by atoms with van der Waals surface area (Å²) in [5.74, 6) is 0. The van der Waals surface area contributed by atoms with Crippen LogP contribution in [0.4, 0.5) is 13.2 Å². The summed E-state index contributed by atoms with van der Waals surface area (Å²) >= 11 is 1.54. The molecule has 1 aromatic rings. The summed E-state index contributed by atoms with van der Waals surface area (Å²) in [6, 6.07) is -0.178. The summed E-state index contributed by atoms with van der Waals surface area (Å²) in [5, 5.41) is 7.11. The van der Waals surface area contributed by atoms with Gasteiger partial charge in [0.05, 0.1) is 0 Å². The molecule has 0 radical (unpaired) electrons. The third-order valence-corrected chi connectivity index (χ3v) is 3.51. The maximum Gasteiger partial charge on any atom is 0.389 e. The monoisotopic (exact) mass is 265 g/mol. The van der Waals surface area contributed by atoms with Gasteiger partial charge in [0, 0.05) is 12.5 Å². The van der Waals surface area contributed by atoms with Crippen LogP contribution < -0.4 is 5.32 Å². The number of nitrogens with one attached hydrogen (secondary N) is 1. The molecule has 5 heteroatoms. The SMILES string of the molecule is CCCNC(CCC(F)(F)F)c1cscc1C. The molecule has 98 valence electrons. The van der Waals surface area contributed by atoms with E-state index in [0.717, 1.165) is 24.1 Å². The van der Waals surface area contributed by atoms with Crippen LogP contribution >= 0.6 is 11.3 Å². The van der Waals surface area contributed by atoms with Gasteiger partial charge in [0.1, 0.15) is 0 Å². The molecular weight excluding hydrogens is 247 g/mol. The maximum absolute atomic E-state index is 12.3. The minimum Gasteiger partial charge on any atom is -0.310 e. The van der Waals surface area contributed by atoms with Crippen LogP contribution in [0.2, 0.25) is 0 Å². The highest BCUT2D eigenvalue weighted by Crippen LogP contribution is 2.30. The lowest BCUT2D eigenvalue weighted by Gasteiger charge is -2.19. The van der Waals surface area contributed by atoms with Crippen LogP contribution in [0, 0.1) is 6.92 Å². The van der Waals surface area contributed by atoms with Crippen molar-refractivity contribution in [3.8, 4) is 0 Å². The van der Waals surface area contributed by atoms with E-state index < -0.39 is 12.6 Å². The molecule has 1 heterocycles. The van der Waals surface area contributed by atoms with Crippen molar-refractivity contribution in [2.75, 3.05) is 6.54 Å². The zero-order chi connectivity index (χ0) is 12.9. The molecule has 0 saturated carbocycles. The minimum atomic E-state index is -4.07. The highest BCUT2D eigenvalue weighted by Gasteiger charge is 2.29. The molecule has 0 fully saturated rings. The van der Waals surface area contributed by atoms with Crippen LogP contribution in [0.1, 0.15) is 43.4 Å². The molecular formula is C12H18F3NS. The number of aryl methyl sites for hydroxylation is 1. The summed E-state index contributed by atoms with van der Waals surface area (Å²) in [6.07, 6.45) is -3.77. The fourth-order valence-corrected chi connectivity index (χ4v) is 2.63. The number of halogens is 3. The lowest BCUT2D eigenvalue weighted by atomic mass is 10.0. The molecule has 1 unspecified atom stereocenters. The highest BCUT2D eigenvalue weighted by molar-refractivity contribution is 7.08. The number of thiophene rings is 1. The average molecular weight is 265 g/mol. The van der Waals surface area contributed by atoms with Gasteiger partial charge in [-0.2, -0.15) is 24.5 Å². The first-order chi connectivity index (χ1) is 7.94. The molecule has 1 rings (SSSR count). The molecule has 1 nitrogen and oxygen atoms in total. The maximum atomic E-state index is 12.3. The van der Waals surface area contributed by atoms with Crippen LogP contribution in [-0.4, -0.2) is 12.7 Å². The van der Waals surface area contributed by atoms with Crippen LogP contribution in [0.3, 0.4) is 0 Å². The molecule has 0 saturated heterocycles. The van der Waals surface area contributed by atoms with Gasteiger partial charge in [0.2, 0.25) is 0 Å². The third-order valence-electron chi connectivity index (χ3n) is 2.63. The second-order valence-electron chi connectivity index (χ2n) is 4.17. The Bertz CT molecular complexity index is 333. The van der Waals surface area contributed by atoms with Gasteiger partial charge in [0.25, 0.3) is 0 Å². The van der Waals surface area contributed by atoms with E-state index in [2.05, 4.69) is 5.32 Å². The van der Waals surface area contributed by atoms with Crippen molar-refractivity contribution in [2.24, 2.45) is 0 Å². The number of hydrogen-bond acceptors (Lipinski definition) is 2. The van der Waals surface area contributed by atoms with Crippen LogP contribution in [0.5, 0.6) is 0 Å². The van der Waals surface area contributed by atoms with Crippen molar-refractivity contribution < 1.29 is 13.2 Å². The Labute approximate surface area is 104 Å². The van der Waals surface area contributed by atoms with E-state index in [4.69, 9.17) is 0 Å². The van der Waals surface area contributed by atoms with Crippen molar-refractivity contribution in [1.29, 1.82) is 0 Å². The molecule has 1 aromatic heterocycles. The Hall–Kier alpha value is -0.550. The van der Waals surface area contributed by atoms with Crippen LogP contribution in [0.15, 0.2) is 10.8 Å². The Kier molecular flexibility index (Phi) is 5.46. The van der Waals surface area contributed by atoms with E-state index in [1.807, 2.05) is 24.6 Å². The van der Waals surface area contributed by atoms with Crippen molar-refractivity contribution in [3.05, 3.63) is 21.9 Å². The number of alkyl halides is 3. The van der Waals surface area contributed by atoms with E-state index >= 15 is 0 Å². The quantitative estimate of drug-likeness (QED) is 0.801. The lowest BCUT2D eigenvalue weighted by Crippen LogP contribution is -2.24. The van der Waals surface area contributed by atoms with Crippen LogP contribution in [0.25, 0.3) is 0 Å². The summed E-state index contributed by atoms with van der Waals surface area (Å²) in [7, 11) is 0. The van der Waals surface area contributed by atoms with E-state index in [1.54, 1.807) is 11.3 Å². The van der Waals surface area contributed by atoms with Gasteiger partial charge in [-0.05, 0) is 48.2 Å². The van der Waals surface area contributed by atoms with E-state index in [0.29, 0.717) is 0 Å². The zero-order valence-electron chi connectivity index (χ0n) is 10.1. The first kappa shape index (κ1) is 14.5. The zero-order valence-corrected chi connectivity index (χ0v) is 10.9. The predicted molar refractivity (Wildman–Crippen MR) is 65.4 cm³/mol. The van der Waals surface area contributed by atoms with Crippen molar-refractivity contribution >= 4 is 11.3 Å². The van der Waals surface area contributed by atoms with Gasteiger partial charge in [0.15, 0.2) is 0 Å². The number of hydrogen-bond donors (Lipinski definition) is 1. The van der Waals surface area contributed by atoms with Crippen molar-refractivity contribution in [3.63, 3.8) is 0 Å². The smallest absolute Gasteiger partial charge is 0.310 e. The number of rotatable bonds is 6. The van der Waals surface area contributed by atoms with E-state index in [1.165, 1.54) is 0 Å². The highest BCUT2D eigenvalue weighted by atomic mass is 32.1. The third kappa shape index (κ3) is 5.08. The molecule has 17 heavy (non-hydrogen) atoms. The van der Waals surface area contributed by atoms with Gasteiger partial charge in [-0.25, -0.2) is 0 Å². The Morgan fingerprint density at radius 3 is 2.53 bits per heavy atom. The van der Waals surface area contributed by atoms with E-state index in [9.17, 15) is 13.2 Å². The fourth-order valence-electron chi connectivity index (χ4n) is 1.72. The molecule has 1 atom stereocenters. The molecule has 0 aromatic carbocycles. The summed E-state index contributed by atoms with van der Waals surface area (Å²) in [4.78, 5) is 0. The van der Waals surface area contributed by atoms with Crippen molar-refractivity contribution in [2.45, 2.75) is 45.3 Å². The average Bonchev–Trinajstić information content (AvgIpc) is 2.63. The lowest BCUT2D eigenvalue weighted by molar-refractivity contribution is -0.136. The Balaban J connectivity index is 2.64. The second-order valence-corrected chi connectivity index (χ2v) is 4.91. The predicted octanol–water partition coefficient (Wildman–Crippen LogP) is 4.44. The standard InChI is InChI=1S/C12H18F3NS/c1-3-6-16-11(4-5-12(13,14)15)10-8-17-7-9(10)2/h7-8,11,16H,3-6H2,1-2H3. The summed E-state index contributed by atoms with van der Waals surface area (Å²) < 4.78 is 36.8. The first-order valence-corrected chi connectivity index (χ1v) is 6.71. The fraction of sp³-hybridized carbons (Fsp3) is 0.667. The Morgan fingerprint density at radius 1 is 1.35 bits per heavy atom. The molecule has 0 spiro atoms. The van der Waals surface area contributed by atoms with Crippen LogP contribution in [-0.2, 0) is 0 Å². The second kappa shape index (κ2) is 6.40. The molecule has 1 N–H and O–H groups in total. The summed E-state index contributed by atoms with van der Waals surface area (Å²) in [5.41, 5.74) is 2.08.